The van der Waals surface area contributed by atoms with Gasteiger partial charge in [-0.1, -0.05) is 0 Å². The summed E-state index contributed by atoms with van der Waals surface area (Å²) in [4.78, 5) is 0. The molecule has 52 nitrogen and oxygen atoms in total. The molecule has 68 heavy (non-hydrogen) atoms. The number of rotatable bonds is 0. The molecule has 0 aromatic rings. The Balaban J connectivity index is -0.0000000200. The second kappa shape index (κ2) is 124. The van der Waals surface area contributed by atoms with Crippen LogP contribution in [0.3, 0.4) is 0 Å². The van der Waals surface area contributed by atoms with E-state index in [-0.39, 0.29) is 93.4 Å². The van der Waals surface area contributed by atoms with Crippen molar-refractivity contribution in [1.29, 1.82) is 64.9 Å². The minimum absolute atomic E-state index is 0. The lowest BCUT2D eigenvalue weighted by Gasteiger charge is -1.69. The summed E-state index contributed by atoms with van der Waals surface area (Å²) in [5, 5.41) is 159. The van der Waals surface area contributed by atoms with Crippen molar-refractivity contribution < 1.29 is 82.2 Å². The Morgan fingerprint density at radius 2 is 0.162 bits per heavy atom. The first kappa shape index (κ1) is 130. The zero-order valence-electron chi connectivity index (χ0n) is 35.5. The summed E-state index contributed by atoms with van der Waals surface area (Å²) >= 11 is 0. The Morgan fingerprint density at radius 3 is 0.162 bits per heavy atom. The summed E-state index contributed by atoms with van der Waals surface area (Å²) in [6.07, 6.45) is 0. The molecule has 0 aliphatic heterocycles. The van der Waals surface area contributed by atoms with E-state index >= 15 is 0 Å². The lowest BCUT2D eigenvalue weighted by Crippen LogP contribution is -2.20. The van der Waals surface area contributed by atoms with Gasteiger partial charge in [-0.25, -0.2) is 0 Å². The van der Waals surface area contributed by atoms with E-state index in [0.717, 1.165) is 0 Å². The van der Waals surface area contributed by atoms with Gasteiger partial charge in [-0.3, -0.25) is 64.9 Å². The highest BCUT2D eigenvalue weighted by Crippen LogP contribution is 1.41. The predicted octanol–water partition coefficient (Wildman–Crippen LogP) is -25.4. The van der Waals surface area contributed by atoms with Gasteiger partial charge in [-0.15, -0.1) is 0 Å². The van der Waals surface area contributed by atoms with Crippen molar-refractivity contribution in [2.24, 2.45) is 138 Å². The van der Waals surface area contributed by atoms with Crippen molar-refractivity contribution in [3.05, 3.63) is 0 Å². The molecule has 0 spiro atoms. The molecule has 0 aromatic heterocycles. The van der Waals surface area contributed by atoms with Gasteiger partial charge in [0.25, 0.3) is 0 Å². The van der Waals surface area contributed by atoms with Gasteiger partial charge in [0.15, 0.2) is 71.5 Å². The van der Waals surface area contributed by atoms with E-state index in [1.165, 1.54) is 0 Å². The van der Waals surface area contributed by atoms with Crippen LogP contribution in [0.4, 0.5) is 0 Å². The Kier molecular flexibility index (Phi) is 238. The molecule has 0 bridgehead atoms. The molecule has 416 valence electrons. The maximum Gasteiger partial charge on any atom is 0.631 e. The van der Waals surface area contributed by atoms with Crippen LogP contribution in [-0.4, -0.2) is 183 Å². The summed E-state index contributed by atoms with van der Waals surface area (Å²) in [6.45, 7) is 0. The molecule has 0 saturated carbocycles. The Hall–Kier alpha value is -9.14. The Labute approximate surface area is 385 Å². The van der Waals surface area contributed by atoms with E-state index in [9.17, 15) is 0 Å². The molecular formula is C12H80B4N36O16. The van der Waals surface area contributed by atoms with Crippen LogP contribution < -0.4 is 138 Å². The molecule has 56 heteroatoms. The standard InChI is InChI=1S/12CH5N3.4BH3O3.4H2O/c16*2-1(3)4;;;;/h12*(H5,2,3,4);4*2-4H;4*1H2. The highest BCUT2D eigenvalue weighted by Gasteiger charge is 1.93. The van der Waals surface area contributed by atoms with Gasteiger partial charge in [-0.05, 0) is 0 Å². The molecule has 0 aromatic carbocycles. The average molecular weight is 1030 g/mol. The van der Waals surface area contributed by atoms with Crippen LogP contribution in [-0.2, 0) is 0 Å². The van der Waals surface area contributed by atoms with Crippen molar-refractivity contribution in [2.75, 3.05) is 0 Å². The number of guanidine groups is 12. The quantitative estimate of drug-likeness (QED) is 0.0608. The Bertz CT molecular complexity index is 790. The van der Waals surface area contributed by atoms with E-state index < -0.39 is 29.3 Å². The fourth-order valence-electron chi connectivity index (χ4n) is 0. The molecule has 0 aliphatic carbocycles. The first-order valence-electron chi connectivity index (χ1n) is 13.0. The summed E-state index contributed by atoms with van der Waals surface area (Å²) in [5.74, 6) is -4.00. The molecule has 0 aliphatic rings. The van der Waals surface area contributed by atoms with E-state index in [0.29, 0.717) is 0 Å². The summed E-state index contributed by atoms with van der Waals surface area (Å²) in [6, 6.07) is 0. The van der Waals surface area contributed by atoms with Crippen molar-refractivity contribution >= 4 is 101 Å². The SMILES string of the molecule is N=C(N)N.N=C(N)N.N=C(N)N.N=C(N)N.N=C(N)N.N=C(N)N.N=C(N)N.N=C(N)N.N=C(N)N.N=C(N)N.N=C(N)N.N=C(N)N.O.O.O.O.OB(O)O.OB(O)O.OB(O)O.OB(O)O. The number of hydrogen-bond donors (Lipinski definition) is 48. The molecule has 0 amide bonds. The summed E-state index contributed by atoms with van der Waals surface area (Å²) < 4.78 is 0. The van der Waals surface area contributed by atoms with E-state index in [1.807, 2.05) is 0 Å². The summed E-state index contributed by atoms with van der Waals surface area (Å²) in [7, 11) is -8.67. The van der Waals surface area contributed by atoms with E-state index in [2.05, 4.69) is 138 Å². The minimum Gasteiger partial charge on any atom is -0.412 e. The zero-order valence-corrected chi connectivity index (χ0v) is 35.5. The third-order valence-electron chi connectivity index (χ3n) is 0. The first-order valence-corrected chi connectivity index (χ1v) is 13.0. The lowest BCUT2D eigenvalue weighted by atomic mass is 10.3. The number of hydrogen-bond acceptors (Lipinski definition) is 24. The van der Waals surface area contributed by atoms with Gasteiger partial charge in [0, 0.05) is 0 Å². The van der Waals surface area contributed by atoms with Crippen LogP contribution in [0.15, 0.2) is 0 Å². The van der Waals surface area contributed by atoms with Gasteiger partial charge in [0.05, 0.1) is 0 Å². The third kappa shape index (κ3) is 2120. The first-order chi connectivity index (χ1) is 27.7. The Morgan fingerprint density at radius 1 is 0.162 bits per heavy atom. The van der Waals surface area contributed by atoms with Crippen LogP contribution >= 0.6 is 0 Å². The topological polar surface area (TPSA) is 1280 Å². The fraction of sp³-hybridized carbons (Fsp3) is 0. The maximum absolute atomic E-state index is 7.17. The highest BCUT2D eigenvalue weighted by atomic mass is 16.5. The van der Waals surface area contributed by atoms with Crippen molar-refractivity contribution in [3.8, 4) is 0 Å². The normalized spacial score (nSPS) is 5.82. The van der Waals surface area contributed by atoms with Crippen LogP contribution in [0.25, 0.3) is 0 Å². The molecule has 0 heterocycles. The van der Waals surface area contributed by atoms with Crippen molar-refractivity contribution in [3.63, 3.8) is 0 Å². The van der Waals surface area contributed by atoms with Gasteiger partial charge in [-0.2, -0.15) is 0 Å². The molecule has 0 radical (unpaired) electrons. The maximum atomic E-state index is 7.17. The largest absolute Gasteiger partial charge is 0.631 e. The molecule has 0 atom stereocenters. The van der Waals surface area contributed by atoms with Crippen molar-refractivity contribution in [2.45, 2.75) is 0 Å². The third-order valence-corrected chi connectivity index (χ3v) is 0. The molecule has 0 saturated heterocycles. The van der Waals surface area contributed by atoms with Gasteiger partial charge in [0.2, 0.25) is 0 Å². The fourth-order valence-corrected chi connectivity index (χ4v) is 0. The smallest absolute Gasteiger partial charge is 0.412 e. The number of nitrogens with two attached hydrogens (primary N) is 24. The summed E-state index contributed by atoms with van der Waals surface area (Å²) in [5.41, 5.74) is 107. The molecule has 80 N–H and O–H groups in total. The highest BCUT2D eigenvalue weighted by molar-refractivity contribution is 6.31. The molecule has 0 unspecified atom stereocenters. The van der Waals surface area contributed by atoms with E-state index in [4.69, 9.17) is 125 Å². The van der Waals surface area contributed by atoms with Gasteiger partial charge < -0.3 is 220 Å². The predicted molar refractivity (Wildman–Crippen MR) is 257 cm³/mol. The second-order valence-electron chi connectivity index (χ2n) is 6.85. The van der Waals surface area contributed by atoms with Gasteiger partial charge >= 0.3 is 29.3 Å². The minimum atomic E-state index is -2.17. The zero-order chi connectivity index (χ0) is 57.2. The molecular weight excluding hydrogens is 948 g/mol. The van der Waals surface area contributed by atoms with Crippen LogP contribution in [0.5, 0.6) is 0 Å². The average Bonchev–Trinajstić information content (AvgIpc) is 2.83. The van der Waals surface area contributed by atoms with Gasteiger partial charge in [0.1, 0.15) is 0 Å². The second-order valence-corrected chi connectivity index (χ2v) is 6.85. The van der Waals surface area contributed by atoms with Crippen LogP contribution in [0, 0.1) is 64.9 Å². The van der Waals surface area contributed by atoms with E-state index in [1.54, 1.807) is 0 Å². The lowest BCUT2D eigenvalue weighted by molar-refractivity contribution is 0.276. The van der Waals surface area contributed by atoms with Crippen molar-refractivity contribution in [1.82, 2.24) is 0 Å². The monoisotopic (exact) mass is 1030 g/mol. The molecule has 0 fully saturated rings. The molecule has 0 rings (SSSR count). The number of nitrogens with one attached hydrogen (secondary N) is 12. The van der Waals surface area contributed by atoms with Crippen LogP contribution in [0.2, 0.25) is 0 Å². The van der Waals surface area contributed by atoms with Crippen LogP contribution in [0.1, 0.15) is 0 Å².